The standard InChI is InChI=1S/C23H28FN3O3/c24-12-18-6-7-20(25-13-18)14-27-17-23(30-16-22(27)29)8-10-26(11-9-23)15-21(28)19-4-2-1-3-5-19/h1-7,13,21,28H,8-12,14-17H2. The number of aliphatic hydroxyl groups is 1. The number of amides is 1. The third-order valence-electron chi connectivity index (χ3n) is 6.11. The number of hydrogen-bond acceptors (Lipinski definition) is 5. The monoisotopic (exact) mass is 413 g/mol. The lowest BCUT2D eigenvalue weighted by Crippen LogP contribution is -2.58. The molecule has 30 heavy (non-hydrogen) atoms. The summed E-state index contributed by atoms with van der Waals surface area (Å²) in [6, 6.07) is 13.2. The zero-order valence-corrected chi connectivity index (χ0v) is 17.0. The number of pyridine rings is 1. The van der Waals surface area contributed by atoms with E-state index in [-0.39, 0.29) is 18.1 Å². The Labute approximate surface area is 176 Å². The van der Waals surface area contributed by atoms with Crippen molar-refractivity contribution >= 4 is 5.91 Å². The first-order chi connectivity index (χ1) is 14.6. The number of β-amino-alcohol motifs (C(OH)–C–C–N with tert-alkyl or cyclic N) is 1. The number of carbonyl (C=O) groups excluding carboxylic acids is 1. The van der Waals surface area contributed by atoms with Crippen LogP contribution >= 0.6 is 0 Å². The number of carbonyl (C=O) groups is 1. The number of rotatable bonds is 6. The van der Waals surface area contributed by atoms with E-state index in [1.807, 2.05) is 30.3 Å². The average molecular weight is 413 g/mol. The number of ether oxygens (including phenoxy) is 1. The van der Waals surface area contributed by atoms with E-state index in [9.17, 15) is 14.3 Å². The summed E-state index contributed by atoms with van der Waals surface area (Å²) in [5.41, 5.74) is 1.87. The Bertz CT molecular complexity index is 839. The quantitative estimate of drug-likeness (QED) is 0.788. The van der Waals surface area contributed by atoms with Crippen LogP contribution in [-0.4, -0.2) is 64.2 Å². The lowest BCUT2D eigenvalue weighted by molar-refractivity contribution is -0.173. The fourth-order valence-electron chi connectivity index (χ4n) is 4.23. The van der Waals surface area contributed by atoms with E-state index in [0.717, 1.165) is 37.2 Å². The lowest BCUT2D eigenvalue weighted by Gasteiger charge is -2.47. The van der Waals surface area contributed by atoms with Crippen molar-refractivity contribution in [1.82, 2.24) is 14.8 Å². The minimum Gasteiger partial charge on any atom is -0.387 e. The molecule has 2 aliphatic heterocycles. The van der Waals surface area contributed by atoms with Gasteiger partial charge in [0.1, 0.15) is 13.3 Å². The van der Waals surface area contributed by atoms with Crippen molar-refractivity contribution in [2.75, 3.05) is 32.8 Å². The second-order valence-electron chi connectivity index (χ2n) is 8.24. The van der Waals surface area contributed by atoms with Gasteiger partial charge >= 0.3 is 0 Å². The zero-order valence-electron chi connectivity index (χ0n) is 17.0. The maximum atomic E-state index is 12.7. The second-order valence-corrected chi connectivity index (χ2v) is 8.24. The number of halogens is 1. The largest absolute Gasteiger partial charge is 0.387 e. The number of likely N-dealkylation sites (tertiary alicyclic amines) is 1. The Hall–Kier alpha value is -2.35. The topological polar surface area (TPSA) is 65.9 Å². The number of piperidine rings is 1. The van der Waals surface area contributed by atoms with E-state index in [4.69, 9.17) is 4.74 Å². The highest BCUT2D eigenvalue weighted by Gasteiger charge is 2.42. The number of benzene rings is 1. The molecule has 0 bridgehead atoms. The highest BCUT2D eigenvalue weighted by Crippen LogP contribution is 2.31. The van der Waals surface area contributed by atoms with Gasteiger partial charge in [-0.2, -0.15) is 0 Å². The van der Waals surface area contributed by atoms with Gasteiger partial charge in [0.05, 0.1) is 30.5 Å². The third kappa shape index (κ3) is 4.86. The number of alkyl halides is 1. The molecule has 2 aromatic rings. The van der Waals surface area contributed by atoms with Crippen molar-refractivity contribution in [3.05, 3.63) is 65.5 Å². The molecule has 1 spiro atoms. The third-order valence-corrected chi connectivity index (χ3v) is 6.11. The summed E-state index contributed by atoms with van der Waals surface area (Å²) in [5.74, 6) is -0.0427. The van der Waals surface area contributed by atoms with Gasteiger partial charge in [0.15, 0.2) is 0 Å². The fourth-order valence-corrected chi connectivity index (χ4v) is 4.23. The molecule has 1 unspecified atom stereocenters. The smallest absolute Gasteiger partial charge is 0.249 e. The summed E-state index contributed by atoms with van der Waals surface area (Å²) < 4.78 is 18.7. The van der Waals surface area contributed by atoms with Gasteiger partial charge in [0, 0.05) is 31.4 Å². The predicted octanol–water partition coefficient (Wildman–Crippen LogP) is 2.48. The first-order valence-electron chi connectivity index (χ1n) is 10.4. The van der Waals surface area contributed by atoms with Crippen LogP contribution < -0.4 is 0 Å². The molecule has 1 aromatic carbocycles. The van der Waals surface area contributed by atoms with Gasteiger partial charge in [-0.15, -0.1) is 0 Å². The Morgan fingerprint density at radius 1 is 1.17 bits per heavy atom. The average Bonchev–Trinajstić information content (AvgIpc) is 2.79. The number of nitrogens with zero attached hydrogens (tertiary/aromatic N) is 3. The van der Waals surface area contributed by atoms with Crippen molar-refractivity contribution < 1.29 is 19.0 Å². The highest BCUT2D eigenvalue weighted by atomic mass is 19.1. The molecule has 0 aliphatic carbocycles. The SMILES string of the molecule is O=C1COC2(CCN(CC(O)c3ccccc3)CC2)CN1Cc1ccc(CF)cn1. The van der Waals surface area contributed by atoms with Gasteiger partial charge in [-0.25, -0.2) is 4.39 Å². The molecule has 1 N–H and O–H groups in total. The van der Waals surface area contributed by atoms with Gasteiger partial charge < -0.3 is 19.6 Å². The summed E-state index contributed by atoms with van der Waals surface area (Å²) in [5, 5.41) is 10.5. The molecule has 2 aliphatic rings. The van der Waals surface area contributed by atoms with Gasteiger partial charge in [-0.3, -0.25) is 9.78 Å². The van der Waals surface area contributed by atoms with E-state index >= 15 is 0 Å². The molecule has 1 amide bonds. The van der Waals surface area contributed by atoms with Crippen LogP contribution in [0.2, 0.25) is 0 Å². The summed E-state index contributed by atoms with van der Waals surface area (Å²) in [6.07, 6.45) is 2.63. The van der Waals surface area contributed by atoms with Crippen LogP contribution in [0.25, 0.3) is 0 Å². The van der Waals surface area contributed by atoms with Crippen LogP contribution in [0, 0.1) is 0 Å². The first-order valence-corrected chi connectivity index (χ1v) is 10.4. The van der Waals surface area contributed by atoms with E-state index in [0.29, 0.717) is 25.2 Å². The van der Waals surface area contributed by atoms with E-state index < -0.39 is 12.8 Å². The number of aliphatic hydroxyl groups excluding tert-OH is 1. The van der Waals surface area contributed by atoms with Crippen LogP contribution in [-0.2, 0) is 22.8 Å². The van der Waals surface area contributed by atoms with Crippen molar-refractivity contribution in [3.63, 3.8) is 0 Å². The molecular formula is C23H28FN3O3. The first kappa shape index (κ1) is 20.9. The van der Waals surface area contributed by atoms with Crippen LogP contribution in [0.1, 0.15) is 35.8 Å². The van der Waals surface area contributed by atoms with Crippen LogP contribution in [0.15, 0.2) is 48.7 Å². The second kappa shape index (κ2) is 9.20. The summed E-state index contributed by atoms with van der Waals surface area (Å²) in [7, 11) is 0. The maximum Gasteiger partial charge on any atom is 0.249 e. The minimum absolute atomic E-state index is 0.0427. The Morgan fingerprint density at radius 3 is 2.60 bits per heavy atom. The van der Waals surface area contributed by atoms with Crippen molar-refractivity contribution in [1.29, 1.82) is 0 Å². The molecule has 2 saturated heterocycles. The molecule has 0 saturated carbocycles. The maximum absolute atomic E-state index is 12.7. The molecule has 160 valence electrons. The Morgan fingerprint density at radius 2 is 1.93 bits per heavy atom. The van der Waals surface area contributed by atoms with Crippen LogP contribution in [0.5, 0.6) is 0 Å². The van der Waals surface area contributed by atoms with Gasteiger partial charge in [0.25, 0.3) is 0 Å². The zero-order chi connectivity index (χ0) is 21.0. The highest BCUT2D eigenvalue weighted by molar-refractivity contribution is 5.78. The molecule has 0 radical (unpaired) electrons. The molecule has 2 fully saturated rings. The van der Waals surface area contributed by atoms with E-state index in [2.05, 4.69) is 9.88 Å². The lowest BCUT2D eigenvalue weighted by atomic mass is 9.89. The van der Waals surface area contributed by atoms with Crippen LogP contribution in [0.4, 0.5) is 4.39 Å². The minimum atomic E-state index is -0.539. The molecule has 7 heteroatoms. The molecule has 6 nitrogen and oxygen atoms in total. The summed E-state index contributed by atoms with van der Waals surface area (Å²) >= 11 is 0. The van der Waals surface area contributed by atoms with Gasteiger partial charge in [-0.1, -0.05) is 36.4 Å². The number of aromatic nitrogens is 1. The number of hydrogen-bond donors (Lipinski definition) is 1. The predicted molar refractivity (Wildman–Crippen MR) is 110 cm³/mol. The molecule has 1 aromatic heterocycles. The van der Waals surface area contributed by atoms with Crippen molar-refractivity contribution in [2.45, 2.75) is 37.8 Å². The molecular weight excluding hydrogens is 385 g/mol. The Kier molecular flexibility index (Phi) is 6.41. The van der Waals surface area contributed by atoms with Gasteiger partial charge in [0.2, 0.25) is 5.91 Å². The van der Waals surface area contributed by atoms with Gasteiger partial charge in [-0.05, 0) is 24.5 Å². The van der Waals surface area contributed by atoms with Crippen LogP contribution in [0.3, 0.4) is 0 Å². The Balaban J connectivity index is 1.33. The normalized spacial score (nSPS) is 20.5. The summed E-state index contributed by atoms with van der Waals surface area (Å²) in [4.78, 5) is 20.7. The molecule has 4 rings (SSSR count). The van der Waals surface area contributed by atoms with Crippen molar-refractivity contribution in [3.8, 4) is 0 Å². The molecule has 3 heterocycles. The summed E-state index contributed by atoms with van der Waals surface area (Å²) in [6.45, 7) is 2.70. The molecule has 1 atom stereocenters. The fraction of sp³-hybridized carbons (Fsp3) is 0.478. The van der Waals surface area contributed by atoms with E-state index in [1.165, 1.54) is 6.20 Å². The van der Waals surface area contributed by atoms with Crippen molar-refractivity contribution in [2.24, 2.45) is 0 Å². The van der Waals surface area contributed by atoms with E-state index in [1.54, 1.807) is 17.0 Å². The number of morpholine rings is 1.